The average Bonchev–Trinajstić information content (AvgIpc) is 2.87. The smallest absolute Gasteiger partial charge is 0.339 e. The lowest BCUT2D eigenvalue weighted by molar-refractivity contribution is -0.138. The van der Waals surface area contributed by atoms with Crippen LogP contribution in [0.25, 0.3) is 0 Å². The predicted octanol–water partition coefficient (Wildman–Crippen LogP) is 3.15. The van der Waals surface area contributed by atoms with E-state index in [-0.39, 0.29) is 24.7 Å². The summed E-state index contributed by atoms with van der Waals surface area (Å²) in [5, 5.41) is 5.77. The van der Waals surface area contributed by atoms with Crippen molar-refractivity contribution in [2.45, 2.75) is 25.9 Å². The van der Waals surface area contributed by atoms with Crippen molar-refractivity contribution in [3.8, 4) is 0 Å². The fourth-order valence-electron chi connectivity index (χ4n) is 3.98. The van der Waals surface area contributed by atoms with Gasteiger partial charge in [-0.05, 0) is 31.0 Å². The Morgan fingerprint density at radius 1 is 1.08 bits per heavy atom. The minimum Gasteiger partial charge on any atom is -0.339 e. The van der Waals surface area contributed by atoms with Crippen molar-refractivity contribution in [1.82, 2.24) is 25.1 Å². The molecule has 2 aromatic heterocycles. The van der Waals surface area contributed by atoms with Gasteiger partial charge in [0.25, 0.3) is 5.56 Å². The monoisotopic (exact) mass is 501 g/mol. The second kappa shape index (κ2) is 10.8. The molecule has 0 bridgehead atoms. The normalized spacial score (nSPS) is 14.1. The summed E-state index contributed by atoms with van der Waals surface area (Å²) in [5.74, 6) is 0.558. The number of amides is 1. The van der Waals surface area contributed by atoms with Crippen LogP contribution in [-0.4, -0.2) is 63.7 Å². The molecule has 1 aromatic carbocycles. The van der Waals surface area contributed by atoms with Crippen LogP contribution in [0.3, 0.4) is 0 Å². The number of hydrogen-bond acceptors (Lipinski definition) is 7. The van der Waals surface area contributed by atoms with Crippen LogP contribution in [0.5, 0.6) is 0 Å². The van der Waals surface area contributed by atoms with Gasteiger partial charge in [0.2, 0.25) is 11.9 Å². The van der Waals surface area contributed by atoms with Gasteiger partial charge in [0.15, 0.2) is 5.82 Å². The van der Waals surface area contributed by atoms with Gasteiger partial charge in [-0.2, -0.15) is 18.3 Å². The van der Waals surface area contributed by atoms with E-state index in [9.17, 15) is 22.8 Å². The quantitative estimate of drug-likeness (QED) is 0.531. The molecule has 3 aromatic rings. The Labute approximate surface area is 205 Å². The Hall–Kier alpha value is -3.96. The van der Waals surface area contributed by atoms with E-state index in [4.69, 9.17) is 0 Å². The highest BCUT2D eigenvalue weighted by Crippen LogP contribution is 2.30. The third kappa shape index (κ3) is 5.99. The van der Waals surface area contributed by atoms with Crippen molar-refractivity contribution in [2.75, 3.05) is 42.5 Å². The Morgan fingerprint density at radius 2 is 1.75 bits per heavy atom. The molecule has 1 fully saturated rings. The number of carbonyl (C=O) groups excluding carboxylic acids is 1. The second-order valence-corrected chi connectivity index (χ2v) is 8.49. The molecule has 1 amide bonds. The molecule has 190 valence electrons. The van der Waals surface area contributed by atoms with Gasteiger partial charge in [-0.3, -0.25) is 9.59 Å². The van der Waals surface area contributed by atoms with Gasteiger partial charge < -0.3 is 14.7 Å². The Balaban J connectivity index is 1.38. The molecule has 0 saturated carbocycles. The maximum Gasteiger partial charge on any atom is 0.421 e. The number of benzene rings is 1. The minimum absolute atomic E-state index is 0.0297. The molecule has 36 heavy (non-hydrogen) atoms. The summed E-state index contributed by atoms with van der Waals surface area (Å²) in [6, 6.07) is 9.48. The fourth-order valence-corrected chi connectivity index (χ4v) is 3.98. The number of aromatic amines is 1. The zero-order chi connectivity index (χ0) is 25.7. The van der Waals surface area contributed by atoms with Gasteiger partial charge >= 0.3 is 6.18 Å². The SMILES string of the molecule is Cc1cnc(N2CCN(C(=O)CCCN(c3ccccc3)c3cc(C(F)(F)F)c(=O)[nH]n3)CC2)nc1. The van der Waals surface area contributed by atoms with Crippen LogP contribution in [0.4, 0.5) is 30.6 Å². The van der Waals surface area contributed by atoms with Crippen LogP contribution in [-0.2, 0) is 11.0 Å². The predicted molar refractivity (Wildman–Crippen MR) is 128 cm³/mol. The van der Waals surface area contributed by atoms with Gasteiger partial charge in [-0.25, -0.2) is 15.1 Å². The van der Waals surface area contributed by atoms with Gasteiger partial charge in [-0.15, -0.1) is 0 Å². The lowest BCUT2D eigenvalue weighted by atomic mass is 10.2. The third-order valence-electron chi connectivity index (χ3n) is 5.89. The van der Waals surface area contributed by atoms with Crippen LogP contribution in [0, 0.1) is 6.92 Å². The number of H-pyrrole nitrogens is 1. The fraction of sp³-hybridized carbons (Fsp3) is 0.375. The summed E-state index contributed by atoms with van der Waals surface area (Å²) < 4.78 is 39.9. The number of hydrogen-bond donors (Lipinski definition) is 1. The van der Waals surface area contributed by atoms with Crippen LogP contribution in [0.15, 0.2) is 53.6 Å². The van der Waals surface area contributed by atoms with Crippen molar-refractivity contribution in [3.63, 3.8) is 0 Å². The maximum atomic E-state index is 13.3. The summed E-state index contributed by atoms with van der Waals surface area (Å²) in [4.78, 5) is 38.5. The molecule has 1 aliphatic rings. The van der Waals surface area contributed by atoms with Gasteiger partial charge in [0.05, 0.1) is 0 Å². The number of carbonyl (C=O) groups is 1. The topological polar surface area (TPSA) is 98.3 Å². The number of aromatic nitrogens is 4. The van der Waals surface area contributed by atoms with E-state index in [1.165, 1.54) is 0 Å². The highest BCUT2D eigenvalue weighted by atomic mass is 19.4. The lowest BCUT2D eigenvalue weighted by Crippen LogP contribution is -2.49. The van der Waals surface area contributed by atoms with Crippen molar-refractivity contribution in [3.05, 3.63) is 70.3 Å². The molecule has 1 saturated heterocycles. The van der Waals surface area contributed by atoms with E-state index < -0.39 is 17.3 Å². The van der Waals surface area contributed by atoms with Crippen LogP contribution >= 0.6 is 0 Å². The molecular weight excluding hydrogens is 475 g/mol. The second-order valence-electron chi connectivity index (χ2n) is 8.49. The van der Waals surface area contributed by atoms with E-state index in [1.54, 1.807) is 52.5 Å². The number of nitrogens with one attached hydrogen (secondary N) is 1. The molecule has 0 spiro atoms. The first-order valence-electron chi connectivity index (χ1n) is 11.5. The molecule has 0 aliphatic carbocycles. The molecule has 0 atom stereocenters. The number of anilines is 3. The minimum atomic E-state index is -4.81. The molecule has 0 radical (unpaired) electrons. The summed E-state index contributed by atoms with van der Waals surface area (Å²) in [5.41, 5.74) is -1.04. The average molecular weight is 502 g/mol. The largest absolute Gasteiger partial charge is 0.421 e. The van der Waals surface area contributed by atoms with Gasteiger partial charge in [0, 0.05) is 63.3 Å². The number of alkyl halides is 3. The number of halogens is 3. The van der Waals surface area contributed by atoms with Gasteiger partial charge in [0.1, 0.15) is 5.56 Å². The number of nitrogens with zero attached hydrogens (tertiary/aromatic N) is 6. The van der Waals surface area contributed by atoms with Crippen molar-refractivity contribution >= 4 is 23.4 Å². The molecule has 1 N–H and O–H groups in total. The summed E-state index contributed by atoms with van der Waals surface area (Å²) >= 11 is 0. The van der Waals surface area contributed by atoms with E-state index in [0.717, 1.165) is 11.6 Å². The zero-order valence-electron chi connectivity index (χ0n) is 19.7. The molecule has 1 aliphatic heterocycles. The number of piperazine rings is 1. The van der Waals surface area contributed by atoms with E-state index in [1.807, 2.05) is 16.9 Å². The van der Waals surface area contributed by atoms with Crippen LogP contribution in [0.2, 0.25) is 0 Å². The van der Waals surface area contributed by atoms with Gasteiger partial charge in [-0.1, -0.05) is 18.2 Å². The van der Waals surface area contributed by atoms with E-state index in [0.29, 0.717) is 44.2 Å². The van der Waals surface area contributed by atoms with Crippen molar-refractivity contribution in [2.24, 2.45) is 0 Å². The summed E-state index contributed by atoms with van der Waals surface area (Å²) in [7, 11) is 0. The molecule has 9 nitrogen and oxygen atoms in total. The van der Waals surface area contributed by atoms with Crippen molar-refractivity contribution in [1.29, 1.82) is 0 Å². The molecule has 4 rings (SSSR count). The van der Waals surface area contributed by atoms with E-state index >= 15 is 0 Å². The number of aryl methyl sites for hydroxylation is 1. The molecule has 0 unspecified atom stereocenters. The summed E-state index contributed by atoms with van der Waals surface area (Å²) in [6.07, 6.45) is -0.688. The number of para-hydroxylation sites is 1. The number of rotatable bonds is 7. The van der Waals surface area contributed by atoms with Crippen molar-refractivity contribution < 1.29 is 18.0 Å². The standard InChI is InChI=1S/C24H26F3N7O2/c1-17-15-28-23(29-16-17)33-12-10-32(11-13-33)21(35)8-5-9-34(18-6-3-2-4-7-18)20-14-19(24(25,26)27)22(36)31-30-20/h2-4,6-7,14-16H,5,8-13H2,1H3,(H,31,36). The third-order valence-corrected chi connectivity index (χ3v) is 5.89. The summed E-state index contributed by atoms with van der Waals surface area (Å²) in [6.45, 7) is 4.47. The molecular formula is C24H26F3N7O2. The first kappa shape index (κ1) is 25.1. The maximum absolute atomic E-state index is 13.3. The Kier molecular flexibility index (Phi) is 7.51. The van der Waals surface area contributed by atoms with E-state index in [2.05, 4.69) is 15.1 Å². The Morgan fingerprint density at radius 3 is 2.39 bits per heavy atom. The highest BCUT2D eigenvalue weighted by Gasteiger charge is 2.35. The Bertz CT molecular complexity index is 1220. The van der Waals surface area contributed by atoms with Crippen LogP contribution < -0.4 is 15.4 Å². The first-order chi connectivity index (χ1) is 17.2. The highest BCUT2D eigenvalue weighted by molar-refractivity contribution is 5.76. The van der Waals surface area contributed by atoms with Crippen LogP contribution in [0.1, 0.15) is 24.0 Å². The zero-order valence-corrected chi connectivity index (χ0v) is 19.7. The molecule has 3 heterocycles. The first-order valence-corrected chi connectivity index (χ1v) is 11.5. The lowest BCUT2D eigenvalue weighted by Gasteiger charge is -2.35. The molecule has 12 heteroatoms.